The van der Waals surface area contributed by atoms with Gasteiger partial charge >= 0.3 is 18.1 Å². The molecule has 9 nitrogen and oxygen atoms in total. The fraction of sp³-hybridized carbons (Fsp3) is 0.375. The number of halogens is 3. The Hall–Kier alpha value is -3.45. The summed E-state index contributed by atoms with van der Waals surface area (Å²) < 4.78 is 66.5. The van der Waals surface area contributed by atoms with Crippen LogP contribution in [0.15, 0.2) is 53.4 Å². The number of ether oxygens (including phenoxy) is 1. The van der Waals surface area contributed by atoms with Crippen LogP contribution in [-0.4, -0.2) is 68.2 Å². The molecule has 0 unspecified atom stereocenters. The van der Waals surface area contributed by atoms with Crippen molar-refractivity contribution in [2.24, 2.45) is 0 Å². The quantitative estimate of drug-likeness (QED) is 0.231. The Labute approximate surface area is 212 Å². The van der Waals surface area contributed by atoms with E-state index in [1.165, 1.54) is 12.1 Å². The number of hydrogen-bond donors (Lipinski definition) is 2. The van der Waals surface area contributed by atoms with E-state index in [1.54, 1.807) is 43.3 Å². The topological polar surface area (TPSA) is 134 Å². The SMILES string of the molecule is Cc1ccc(S(=O)(=O)OC[C@@H](C)OC(=O)c2ccc(C(=N)N3CCCC3)cc2)cc1.O=C(O)C(F)(F)F. The monoisotopic (exact) mass is 544 g/mol. The van der Waals surface area contributed by atoms with E-state index in [2.05, 4.69) is 0 Å². The lowest BCUT2D eigenvalue weighted by atomic mass is 10.1. The van der Waals surface area contributed by atoms with E-state index in [0.717, 1.165) is 37.1 Å². The summed E-state index contributed by atoms with van der Waals surface area (Å²) in [6, 6.07) is 13.0. The highest BCUT2D eigenvalue weighted by atomic mass is 32.2. The Morgan fingerprint density at radius 2 is 1.51 bits per heavy atom. The second-order valence-electron chi connectivity index (χ2n) is 8.19. The fourth-order valence-corrected chi connectivity index (χ4v) is 4.11. The molecule has 0 saturated carbocycles. The Morgan fingerprint density at radius 3 is 2.00 bits per heavy atom. The first-order chi connectivity index (χ1) is 17.2. The molecule has 0 spiro atoms. The number of carboxylic acid groups (broad SMARTS) is 1. The van der Waals surface area contributed by atoms with Gasteiger partial charge in [-0.05, 0) is 51.0 Å². The highest BCUT2D eigenvalue weighted by Crippen LogP contribution is 2.16. The maximum atomic E-state index is 12.3. The number of nitrogens with zero attached hydrogens (tertiary/aromatic N) is 1. The number of esters is 1. The zero-order chi connectivity index (χ0) is 27.8. The lowest BCUT2D eigenvalue weighted by Gasteiger charge is -2.18. The molecule has 202 valence electrons. The van der Waals surface area contributed by atoms with E-state index in [4.69, 9.17) is 24.2 Å². The summed E-state index contributed by atoms with van der Waals surface area (Å²) in [7, 11) is -3.92. The standard InChI is InChI=1S/C22H26N2O5S.C2HF3O2/c1-16-5-11-20(12-6-16)30(26,27)28-15-17(2)29-22(25)19-9-7-18(8-10-19)21(23)24-13-3-4-14-24;3-2(4,5)1(6)7/h5-12,17,23H,3-4,13-15H2,1-2H3;(H,6,7)/t17-;/m1./s1. The van der Waals surface area contributed by atoms with Gasteiger partial charge in [0.05, 0.1) is 10.5 Å². The molecular formula is C24H27F3N2O7S. The van der Waals surface area contributed by atoms with Crippen LogP contribution < -0.4 is 0 Å². The van der Waals surface area contributed by atoms with E-state index >= 15 is 0 Å². The molecule has 2 N–H and O–H groups in total. The van der Waals surface area contributed by atoms with Gasteiger partial charge in [0.1, 0.15) is 18.5 Å². The summed E-state index contributed by atoms with van der Waals surface area (Å²) >= 11 is 0. The van der Waals surface area contributed by atoms with Crippen LogP contribution in [0.25, 0.3) is 0 Å². The summed E-state index contributed by atoms with van der Waals surface area (Å²) in [5.74, 6) is -2.87. The van der Waals surface area contributed by atoms with E-state index in [1.807, 2.05) is 11.8 Å². The lowest BCUT2D eigenvalue weighted by molar-refractivity contribution is -0.192. The van der Waals surface area contributed by atoms with Crippen molar-refractivity contribution in [3.63, 3.8) is 0 Å². The molecule has 13 heteroatoms. The first kappa shape index (κ1) is 29.8. The number of nitrogens with one attached hydrogen (secondary N) is 1. The van der Waals surface area contributed by atoms with Gasteiger partial charge in [0, 0.05) is 18.7 Å². The highest BCUT2D eigenvalue weighted by molar-refractivity contribution is 7.86. The Bertz CT molecular complexity index is 1190. The number of aryl methyl sites for hydroxylation is 1. The zero-order valence-electron chi connectivity index (χ0n) is 20.1. The summed E-state index contributed by atoms with van der Waals surface area (Å²) in [5, 5.41) is 15.4. The molecule has 0 aliphatic carbocycles. The fourth-order valence-electron chi connectivity index (χ4n) is 3.13. The largest absolute Gasteiger partial charge is 0.490 e. The van der Waals surface area contributed by atoms with Crippen molar-refractivity contribution in [1.82, 2.24) is 4.90 Å². The molecule has 3 rings (SSSR count). The van der Waals surface area contributed by atoms with Crippen molar-refractivity contribution in [2.45, 2.75) is 43.9 Å². The highest BCUT2D eigenvalue weighted by Gasteiger charge is 2.38. The molecule has 1 saturated heterocycles. The molecule has 1 fully saturated rings. The van der Waals surface area contributed by atoms with Gasteiger partial charge in [-0.2, -0.15) is 21.6 Å². The van der Waals surface area contributed by atoms with Gasteiger partial charge < -0.3 is 14.7 Å². The van der Waals surface area contributed by atoms with Gasteiger partial charge in [-0.25, -0.2) is 9.59 Å². The zero-order valence-corrected chi connectivity index (χ0v) is 20.9. The summed E-state index contributed by atoms with van der Waals surface area (Å²) in [4.78, 5) is 23.3. The van der Waals surface area contributed by atoms with Gasteiger partial charge in [-0.3, -0.25) is 9.59 Å². The van der Waals surface area contributed by atoms with Crippen LogP contribution in [-0.2, 0) is 23.8 Å². The molecular weight excluding hydrogens is 517 g/mol. The Morgan fingerprint density at radius 1 is 1.03 bits per heavy atom. The van der Waals surface area contributed by atoms with Gasteiger partial charge in [-0.1, -0.05) is 29.8 Å². The van der Waals surface area contributed by atoms with Crippen LogP contribution in [0.4, 0.5) is 13.2 Å². The number of aliphatic carboxylic acids is 1. The third-order valence-electron chi connectivity index (χ3n) is 5.13. The number of alkyl halides is 3. The van der Waals surface area contributed by atoms with Crippen LogP contribution in [0.1, 0.15) is 41.3 Å². The van der Waals surface area contributed by atoms with Crippen LogP contribution in [0.3, 0.4) is 0 Å². The second-order valence-corrected chi connectivity index (χ2v) is 9.81. The van der Waals surface area contributed by atoms with Crippen LogP contribution in [0, 0.1) is 12.3 Å². The molecule has 1 heterocycles. The molecule has 1 aliphatic heterocycles. The second kappa shape index (κ2) is 12.7. The summed E-state index contributed by atoms with van der Waals surface area (Å²) in [6.45, 7) is 4.91. The van der Waals surface area contributed by atoms with Crippen LogP contribution >= 0.6 is 0 Å². The normalized spacial score (nSPS) is 14.4. The van der Waals surface area contributed by atoms with Gasteiger partial charge in [-0.15, -0.1) is 0 Å². The molecule has 0 bridgehead atoms. The molecule has 1 aliphatic rings. The van der Waals surface area contributed by atoms with E-state index in [0.29, 0.717) is 11.4 Å². The summed E-state index contributed by atoms with van der Waals surface area (Å²) in [6.07, 6.45) is -3.65. The predicted molar refractivity (Wildman–Crippen MR) is 127 cm³/mol. The average Bonchev–Trinajstić information content (AvgIpc) is 3.38. The first-order valence-corrected chi connectivity index (χ1v) is 12.5. The minimum Gasteiger partial charge on any atom is -0.475 e. The number of likely N-dealkylation sites (tertiary alicyclic amines) is 1. The molecule has 1 atom stereocenters. The van der Waals surface area contributed by atoms with Crippen molar-refractivity contribution in [3.05, 3.63) is 65.2 Å². The molecule has 2 aromatic carbocycles. The number of hydrogen-bond acceptors (Lipinski definition) is 7. The lowest BCUT2D eigenvalue weighted by Crippen LogP contribution is -2.27. The minimum atomic E-state index is -5.08. The number of benzene rings is 2. The van der Waals surface area contributed by atoms with E-state index < -0.39 is 34.3 Å². The first-order valence-electron chi connectivity index (χ1n) is 11.1. The van der Waals surface area contributed by atoms with Crippen molar-refractivity contribution in [3.8, 4) is 0 Å². The number of carboxylic acids is 1. The molecule has 37 heavy (non-hydrogen) atoms. The number of rotatable bonds is 7. The molecule has 2 aromatic rings. The van der Waals surface area contributed by atoms with E-state index in [9.17, 15) is 26.4 Å². The van der Waals surface area contributed by atoms with Gasteiger partial charge in [0.2, 0.25) is 0 Å². The third kappa shape index (κ3) is 9.17. The van der Waals surface area contributed by atoms with Gasteiger partial charge in [0.25, 0.3) is 10.1 Å². The average molecular weight is 545 g/mol. The number of carbonyl (C=O) groups is 2. The number of amidine groups is 1. The van der Waals surface area contributed by atoms with Crippen molar-refractivity contribution in [2.75, 3.05) is 19.7 Å². The van der Waals surface area contributed by atoms with E-state index in [-0.39, 0.29) is 11.5 Å². The van der Waals surface area contributed by atoms with Crippen molar-refractivity contribution in [1.29, 1.82) is 5.41 Å². The molecule has 0 aromatic heterocycles. The minimum absolute atomic E-state index is 0.0580. The van der Waals surface area contributed by atoms with Crippen LogP contribution in [0.5, 0.6) is 0 Å². The summed E-state index contributed by atoms with van der Waals surface area (Å²) in [5.41, 5.74) is 2.02. The van der Waals surface area contributed by atoms with Crippen molar-refractivity contribution >= 4 is 27.9 Å². The Balaban J connectivity index is 0.000000604. The maximum Gasteiger partial charge on any atom is 0.490 e. The Kier molecular flexibility index (Phi) is 10.2. The predicted octanol–water partition coefficient (Wildman–Crippen LogP) is 4.00. The number of carbonyl (C=O) groups excluding carboxylic acids is 1. The maximum absolute atomic E-state index is 12.3. The molecule has 0 radical (unpaired) electrons. The smallest absolute Gasteiger partial charge is 0.475 e. The van der Waals surface area contributed by atoms with Crippen LogP contribution in [0.2, 0.25) is 0 Å². The molecule has 0 amide bonds. The van der Waals surface area contributed by atoms with Gasteiger partial charge in [0.15, 0.2) is 0 Å². The van der Waals surface area contributed by atoms with Crippen molar-refractivity contribution < 1.29 is 45.2 Å². The third-order valence-corrected chi connectivity index (χ3v) is 6.43.